The molecule has 4 nitrogen and oxygen atoms in total. The van der Waals surface area contributed by atoms with E-state index < -0.39 is 10.0 Å². The zero-order valence-electron chi connectivity index (χ0n) is 12.4. The molecule has 1 unspecified atom stereocenters. The van der Waals surface area contributed by atoms with Gasteiger partial charge in [-0.25, -0.2) is 13.1 Å². The van der Waals surface area contributed by atoms with Gasteiger partial charge in [0.1, 0.15) is 0 Å². The highest BCUT2D eigenvalue weighted by atomic mass is 79.9. The number of sulfonamides is 1. The Bertz CT molecular complexity index is 544. The summed E-state index contributed by atoms with van der Waals surface area (Å²) < 4.78 is 28.0. The minimum absolute atomic E-state index is 0.0797. The monoisotopic (exact) mass is 362 g/mol. The maximum Gasteiger partial charge on any atom is 0.241 e. The summed E-state index contributed by atoms with van der Waals surface area (Å²) in [6.45, 7) is 6.75. The Morgan fingerprint density at radius 2 is 1.90 bits per heavy atom. The molecule has 0 amide bonds. The molecule has 0 saturated heterocycles. The third-order valence-electron chi connectivity index (χ3n) is 2.85. The van der Waals surface area contributed by atoms with Crippen LogP contribution in [0.3, 0.4) is 0 Å². The van der Waals surface area contributed by atoms with E-state index in [1.807, 2.05) is 26.1 Å². The van der Waals surface area contributed by atoms with E-state index in [1.54, 1.807) is 6.07 Å². The molecule has 0 spiro atoms. The average Bonchev–Trinajstić information content (AvgIpc) is 2.26. The molecule has 0 saturated carbocycles. The number of halogens is 1. The van der Waals surface area contributed by atoms with Crippen molar-refractivity contribution < 1.29 is 8.42 Å². The second-order valence-corrected chi connectivity index (χ2v) is 7.98. The molecule has 0 heterocycles. The lowest BCUT2D eigenvalue weighted by molar-refractivity contribution is 0.482. The fourth-order valence-corrected chi connectivity index (χ4v) is 4.54. The summed E-state index contributed by atoms with van der Waals surface area (Å²) in [4.78, 5) is 0.285. The minimum Gasteiger partial charge on any atom is -0.316 e. The van der Waals surface area contributed by atoms with Gasteiger partial charge >= 0.3 is 0 Å². The van der Waals surface area contributed by atoms with Crippen LogP contribution in [0.5, 0.6) is 0 Å². The molecule has 20 heavy (non-hydrogen) atoms. The summed E-state index contributed by atoms with van der Waals surface area (Å²) in [7, 11) is -1.63. The number of hydrogen-bond acceptors (Lipinski definition) is 3. The third kappa shape index (κ3) is 5.16. The number of benzene rings is 1. The van der Waals surface area contributed by atoms with Gasteiger partial charge in [0.25, 0.3) is 0 Å². The van der Waals surface area contributed by atoms with E-state index in [1.165, 1.54) is 0 Å². The molecule has 0 aliphatic rings. The number of rotatable bonds is 7. The van der Waals surface area contributed by atoms with Gasteiger partial charge in [0, 0.05) is 17.1 Å². The van der Waals surface area contributed by atoms with Gasteiger partial charge < -0.3 is 5.32 Å². The molecule has 0 aliphatic heterocycles. The van der Waals surface area contributed by atoms with Crippen LogP contribution in [-0.2, 0) is 16.6 Å². The van der Waals surface area contributed by atoms with Gasteiger partial charge in [-0.2, -0.15) is 0 Å². The SMILES string of the molecule is CNCc1ccc(S(=O)(=O)NC(C)CC(C)C)c(Br)c1. The molecule has 1 aromatic rings. The van der Waals surface area contributed by atoms with Crippen LogP contribution in [0.25, 0.3) is 0 Å². The Morgan fingerprint density at radius 1 is 1.25 bits per heavy atom. The predicted molar refractivity (Wildman–Crippen MR) is 86.1 cm³/mol. The van der Waals surface area contributed by atoms with Crippen LogP contribution in [0.15, 0.2) is 27.6 Å². The first-order valence-electron chi connectivity index (χ1n) is 6.71. The summed E-state index contributed by atoms with van der Waals surface area (Å²) in [5.41, 5.74) is 1.04. The lowest BCUT2D eigenvalue weighted by Gasteiger charge is -2.17. The largest absolute Gasteiger partial charge is 0.316 e. The van der Waals surface area contributed by atoms with Crippen LogP contribution in [0.2, 0.25) is 0 Å². The van der Waals surface area contributed by atoms with Crippen molar-refractivity contribution in [3.05, 3.63) is 28.2 Å². The molecule has 0 aromatic heterocycles. The van der Waals surface area contributed by atoms with E-state index in [9.17, 15) is 8.42 Å². The van der Waals surface area contributed by atoms with Crippen molar-refractivity contribution in [2.45, 2.75) is 44.7 Å². The van der Waals surface area contributed by atoms with E-state index in [4.69, 9.17) is 0 Å². The molecular weight excluding hydrogens is 340 g/mol. The van der Waals surface area contributed by atoms with Crippen molar-refractivity contribution in [1.29, 1.82) is 0 Å². The number of nitrogens with one attached hydrogen (secondary N) is 2. The van der Waals surface area contributed by atoms with E-state index in [0.717, 1.165) is 12.0 Å². The summed E-state index contributed by atoms with van der Waals surface area (Å²) in [6.07, 6.45) is 0.814. The zero-order chi connectivity index (χ0) is 15.3. The van der Waals surface area contributed by atoms with Gasteiger partial charge in [-0.05, 0) is 59.9 Å². The zero-order valence-corrected chi connectivity index (χ0v) is 14.8. The first-order valence-corrected chi connectivity index (χ1v) is 8.99. The molecule has 0 radical (unpaired) electrons. The van der Waals surface area contributed by atoms with Crippen molar-refractivity contribution in [3.8, 4) is 0 Å². The molecular formula is C14H23BrN2O2S. The summed E-state index contributed by atoms with van der Waals surface area (Å²) in [5.74, 6) is 0.453. The van der Waals surface area contributed by atoms with Crippen molar-refractivity contribution in [2.75, 3.05) is 7.05 Å². The quantitative estimate of drug-likeness (QED) is 0.783. The lowest BCUT2D eigenvalue weighted by Crippen LogP contribution is -2.33. The standard InChI is InChI=1S/C14H23BrN2O2S/c1-10(2)7-11(3)17-20(18,19)14-6-5-12(9-16-4)8-13(14)15/h5-6,8,10-11,16-17H,7,9H2,1-4H3. The highest BCUT2D eigenvalue weighted by Gasteiger charge is 2.20. The molecule has 2 N–H and O–H groups in total. The maximum absolute atomic E-state index is 12.4. The lowest BCUT2D eigenvalue weighted by atomic mass is 10.1. The van der Waals surface area contributed by atoms with Gasteiger partial charge in [-0.3, -0.25) is 0 Å². The van der Waals surface area contributed by atoms with Gasteiger partial charge in [0.05, 0.1) is 4.90 Å². The molecule has 0 aliphatic carbocycles. The smallest absolute Gasteiger partial charge is 0.241 e. The van der Waals surface area contributed by atoms with Crippen LogP contribution in [0.4, 0.5) is 0 Å². The molecule has 1 rings (SSSR count). The molecule has 0 bridgehead atoms. The van der Waals surface area contributed by atoms with Crippen molar-refractivity contribution in [3.63, 3.8) is 0 Å². The highest BCUT2D eigenvalue weighted by molar-refractivity contribution is 9.10. The van der Waals surface area contributed by atoms with E-state index in [0.29, 0.717) is 16.9 Å². The molecule has 6 heteroatoms. The summed E-state index contributed by atoms with van der Waals surface area (Å²) in [6, 6.07) is 5.21. The Labute approximate surface area is 130 Å². The normalized spacial score (nSPS) is 13.7. The van der Waals surface area contributed by atoms with Crippen LogP contribution >= 0.6 is 15.9 Å². The Kier molecular flexibility index (Phi) is 6.64. The van der Waals surface area contributed by atoms with Gasteiger partial charge in [-0.1, -0.05) is 19.9 Å². The van der Waals surface area contributed by atoms with Crippen molar-refractivity contribution in [1.82, 2.24) is 10.0 Å². The van der Waals surface area contributed by atoms with E-state index >= 15 is 0 Å². The maximum atomic E-state index is 12.4. The Balaban J connectivity index is 2.92. The van der Waals surface area contributed by atoms with Gasteiger partial charge in [0.2, 0.25) is 10.0 Å². The Hall–Kier alpha value is -0.430. The van der Waals surface area contributed by atoms with Crippen molar-refractivity contribution in [2.24, 2.45) is 5.92 Å². The van der Waals surface area contributed by atoms with Crippen LogP contribution in [0.1, 0.15) is 32.8 Å². The molecule has 1 aromatic carbocycles. The minimum atomic E-state index is -3.48. The first kappa shape index (κ1) is 17.6. The second-order valence-electron chi connectivity index (χ2n) is 5.45. The average molecular weight is 363 g/mol. The Morgan fingerprint density at radius 3 is 2.40 bits per heavy atom. The third-order valence-corrected chi connectivity index (χ3v) is 5.41. The fourth-order valence-electron chi connectivity index (χ4n) is 2.16. The van der Waals surface area contributed by atoms with Crippen LogP contribution in [0, 0.1) is 5.92 Å². The van der Waals surface area contributed by atoms with Crippen molar-refractivity contribution >= 4 is 26.0 Å². The fraction of sp³-hybridized carbons (Fsp3) is 0.571. The second kappa shape index (κ2) is 7.54. The van der Waals surface area contributed by atoms with Gasteiger partial charge in [0.15, 0.2) is 0 Å². The van der Waals surface area contributed by atoms with Crippen LogP contribution in [-0.4, -0.2) is 21.5 Å². The first-order chi connectivity index (χ1) is 9.26. The highest BCUT2D eigenvalue weighted by Crippen LogP contribution is 2.23. The molecule has 0 fully saturated rings. The molecule has 114 valence electrons. The predicted octanol–water partition coefficient (Wildman–Crippen LogP) is 2.88. The number of hydrogen-bond donors (Lipinski definition) is 2. The van der Waals surface area contributed by atoms with E-state index in [-0.39, 0.29) is 10.9 Å². The van der Waals surface area contributed by atoms with E-state index in [2.05, 4.69) is 39.8 Å². The summed E-state index contributed by atoms with van der Waals surface area (Å²) in [5, 5.41) is 3.04. The molecule has 1 atom stereocenters. The van der Waals surface area contributed by atoms with Gasteiger partial charge in [-0.15, -0.1) is 0 Å². The topological polar surface area (TPSA) is 58.2 Å². The summed E-state index contributed by atoms with van der Waals surface area (Å²) >= 11 is 3.35. The van der Waals surface area contributed by atoms with Crippen LogP contribution < -0.4 is 10.0 Å².